The van der Waals surface area contributed by atoms with Crippen molar-refractivity contribution in [3.63, 3.8) is 0 Å². The molecule has 0 aliphatic rings. The second-order valence-corrected chi connectivity index (χ2v) is 10.7. The molecule has 2 aromatic rings. The average molecular weight is 495 g/mol. The molecule has 0 aliphatic carbocycles. The maximum Gasteiger partial charge on any atom is 0.416 e. The maximum atomic E-state index is 13.2. The Bertz CT molecular complexity index is 1220. The minimum Gasteiger partial charge on any atom is -0.491 e. The average Bonchev–Trinajstić information content (AvgIpc) is 2.61. The highest BCUT2D eigenvalue weighted by molar-refractivity contribution is 7.93. The summed E-state index contributed by atoms with van der Waals surface area (Å²) in [6, 6.07) is 4.01. The molecule has 0 bridgehead atoms. The third-order valence-corrected chi connectivity index (χ3v) is 6.70. The Labute approximate surface area is 186 Å². The topological polar surface area (TPSA) is 102 Å². The van der Waals surface area contributed by atoms with E-state index in [1.165, 1.54) is 19.9 Å². The molecule has 0 fully saturated rings. The number of alkyl halides is 3. The first-order valence-electron chi connectivity index (χ1n) is 9.52. The van der Waals surface area contributed by atoms with E-state index in [2.05, 4.69) is 9.44 Å². The molecule has 0 radical (unpaired) electrons. The van der Waals surface area contributed by atoms with E-state index in [-0.39, 0.29) is 34.2 Å². The summed E-state index contributed by atoms with van der Waals surface area (Å²) in [5.74, 6) is -0.0553. The van der Waals surface area contributed by atoms with Gasteiger partial charge in [-0.3, -0.25) is 9.44 Å². The lowest BCUT2D eigenvalue weighted by molar-refractivity contribution is -0.137. The van der Waals surface area contributed by atoms with Gasteiger partial charge in [-0.2, -0.15) is 13.2 Å². The highest BCUT2D eigenvalue weighted by Gasteiger charge is 2.32. The highest BCUT2D eigenvalue weighted by Crippen LogP contribution is 2.37. The fraction of sp³-hybridized carbons (Fsp3) is 0.400. The summed E-state index contributed by atoms with van der Waals surface area (Å²) in [7, 11) is -8.12. The number of halogens is 3. The Morgan fingerprint density at radius 3 is 2.12 bits per heavy atom. The summed E-state index contributed by atoms with van der Waals surface area (Å²) in [4.78, 5) is -0.242. The van der Waals surface area contributed by atoms with Gasteiger partial charge in [0.15, 0.2) is 0 Å². The SMILES string of the molecule is CCCOc1ccc(C(F)(F)F)cc1NS(=O)(=O)c1c(C)cc(C)c(NS(C)(=O)=O)c1C. The van der Waals surface area contributed by atoms with Crippen LogP contribution < -0.4 is 14.2 Å². The van der Waals surface area contributed by atoms with Crippen LogP contribution in [0.5, 0.6) is 5.75 Å². The van der Waals surface area contributed by atoms with E-state index >= 15 is 0 Å². The fourth-order valence-corrected chi connectivity index (χ4v) is 5.47. The summed E-state index contributed by atoms with van der Waals surface area (Å²) in [5.41, 5.74) is -0.417. The summed E-state index contributed by atoms with van der Waals surface area (Å²) in [5, 5.41) is 0. The lowest BCUT2D eigenvalue weighted by Crippen LogP contribution is -2.19. The lowest BCUT2D eigenvalue weighted by atomic mass is 10.1. The first-order valence-corrected chi connectivity index (χ1v) is 12.9. The molecule has 0 spiro atoms. The van der Waals surface area contributed by atoms with Crippen LogP contribution in [0.3, 0.4) is 0 Å². The minimum atomic E-state index is -4.69. The van der Waals surface area contributed by atoms with Gasteiger partial charge in [0, 0.05) is 0 Å². The molecule has 0 unspecified atom stereocenters. The highest BCUT2D eigenvalue weighted by atomic mass is 32.2. The molecular weight excluding hydrogens is 469 g/mol. The van der Waals surface area contributed by atoms with Gasteiger partial charge in [0.05, 0.1) is 34.7 Å². The zero-order chi connectivity index (χ0) is 24.5. The van der Waals surface area contributed by atoms with Crippen molar-refractivity contribution < 1.29 is 34.7 Å². The summed E-state index contributed by atoms with van der Waals surface area (Å²) in [6.45, 7) is 6.51. The van der Waals surface area contributed by atoms with E-state index < -0.39 is 31.8 Å². The fourth-order valence-electron chi connectivity index (χ4n) is 3.24. The van der Waals surface area contributed by atoms with Crippen LogP contribution in [0.15, 0.2) is 29.2 Å². The van der Waals surface area contributed by atoms with E-state index in [9.17, 15) is 30.0 Å². The molecule has 0 saturated carbocycles. The van der Waals surface area contributed by atoms with Crippen LogP contribution in [0.1, 0.15) is 35.6 Å². The number of rotatable bonds is 8. The van der Waals surface area contributed by atoms with Gasteiger partial charge < -0.3 is 4.74 Å². The van der Waals surface area contributed by atoms with Crippen molar-refractivity contribution in [2.75, 3.05) is 22.3 Å². The molecule has 2 N–H and O–H groups in total. The Hall–Kier alpha value is -2.47. The van der Waals surface area contributed by atoms with Gasteiger partial charge in [-0.15, -0.1) is 0 Å². The molecule has 0 atom stereocenters. The Morgan fingerprint density at radius 1 is 0.969 bits per heavy atom. The minimum absolute atomic E-state index is 0.0553. The normalized spacial score (nSPS) is 12.5. The van der Waals surface area contributed by atoms with Gasteiger partial charge in [-0.1, -0.05) is 13.0 Å². The molecule has 2 rings (SSSR count). The number of benzene rings is 2. The Balaban J connectivity index is 2.64. The van der Waals surface area contributed by atoms with Crippen LogP contribution in [-0.2, 0) is 26.2 Å². The molecular formula is C20H25F3N2O5S2. The number of sulfonamides is 2. The van der Waals surface area contributed by atoms with Crippen molar-refractivity contribution in [3.05, 3.63) is 46.5 Å². The van der Waals surface area contributed by atoms with Gasteiger partial charge in [-0.25, -0.2) is 16.8 Å². The zero-order valence-electron chi connectivity index (χ0n) is 18.2. The summed E-state index contributed by atoms with van der Waals surface area (Å²) in [6.07, 6.45) is -3.20. The summed E-state index contributed by atoms with van der Waals surface area (Å²) >= 11 is 0. The van der Waals surface area contributed by atoms with Crippen molar-refractivity contribution in [1.82, 2.24) is 0 Å². The van der Waals surface area contributed by atoms with E-state index in [0.29, 0.717) is 23.6 Å². The van der Waals surface area contributed by atoms with Crippen molar-refractivity contribution in [2.24, 2.45) is 0 Å². The number of nitrogens with one attached hydrogen (secondary N) is 2. The first-order chi connectivity index (χ1) is 14.6. The Morgan fingerprint density at radius 2 is 1.59 bits per heavy atom. The molecule has 32 heavy (non-hydrogen) atoms. The second-order valence-electron chi connectivity index (χ2n) is 7.38. The van der Waals surface area contributed by atoms with E-state index in [0.717, 1.165) is 18.4 Å². The van der Waals surface area contributed by atoms with Crippen LogP contribution in [0.4, 0.5) is 24.5 Å². The molecule has 0 heterocycles. The van der Waals surface area contributed by atoms with E-state index in [4.69, 9.17) is 4.74 Å². The van der Waals surface area contributed by atoms with Crippen molar-refractivity contribution >= 4 is 31.4 Å². The third kappa shape index (κ3) is 6.06. The second kappa shape index (κ2) is 9.18. The van der Waals surface area contributed by atoms with Gasteiger partial charge in [0.2, 0.25) is 10.0 Å². The van der Waals surface area contributed by atoms with Crippen molar-refractivity contribution in [1.29, 1.82) is 0 Å². The number of ether oxygens (including phenoxy) is 1. The monoisotopic (exact) mass is 494 g/mol. The number of hydrogen-bond donors (Lipinski definition) is 2. The van der Waals surface area contributed by atoms with E-state index in [1.807, 2.05) is 0 Å². The van der Waals surface area contributed by atoms with Crippen LogP contribution in [0.2, 0.25) is 0 Å². The predicted molar refractivity (Wildman–Crippen MR) is 117 cm³/mol. The lowest BCUT2D eigenvalue weighted by Gasteiger charge is -2.20. The van der Waals surface area contributed by atoms with Crippen molar-refractivity contribution in [3.8, 4) is 5.75 Å². The van der Waals surface area contributed by atoms with Gasteiger partial charge in [0.25, 0.3) is 10.0 Å². The van der Waals surface area contributed by atoms with Gasteiger partial charge >= 0.3 is 6.18 Å². The zero-order valence-corrected chi connectivity index (χ0v) is 19.8. The number of hydrogen-bond acceptors (Lipinski definition) is 5. The van der Waals surface area contributed by atoms with Gasteiger partial charge in [0.1, 0.15) is 5.75 Å². The van der Waals surface area contributed by atoms with E-state index in [1.54, 1.807) is 13.8 Å². The molecule has 0 saturated heterocycles. The molecule has 7 nitrogen and oxygen atoms in total. The first kappa shape index (κ1) is 25.8. The van der Waals surface area contributed by atoms with Crippen LogP contribution in [-0.4, -0.2) is 29.7 Å². The van der Waals surface area contributed by atoms with Gasteiger partial charge in [-0.05, 0) is 62.1 Å². The standard InChI is InChI=1S/C20H25F3N2O5S2/c1-6-9-30-17-8-7-15(20(21,22)23)11-16(17)24-32(28,29)19-13(3)10-12(2)18(14(19)4)25-31(5,26)27/h7-8,10-11,24-25H,6,9H2,1-5H3. The number of aryl methyl sites for hydroxylation is 2. The maximum absolute atomic E-state index is 13.2. The molecule has 0 amide bonds. The smallest absolute Gasteiger partial charge is 0.416 e. The largest absolute Gasteiger partial charge is 0.491 e. The molecule has 12 heteroatoms. The predicted octanol–water partition coefficient (Wildman–Crippen LogP) is 4.59. The molecule has 0 aromatic heterocycles. The number of anilines is 2. The summed E-state index contributed by atoms with van der Waals surface area (Å²) < 4.78 is 99.4. The Kier molecular flexibility index (Phi) is 7.40. The molecule has 0 aliphatic heterocycles. The van der Waals surface area contributed by atoms with Crippen LogP contribution >= 0.6 is 0 Å². The third-order valence-electron chi connectivity index (χ3n) is 4.47. The van der Waals surface area contributed by atoms with Crippen molar-refractivity contribution in [2.45, 2.75) is 45.2 Å². The van der Waals surface area contributed by atoms with Crippen LogP contribution in [0, 0.1) is 20.8 Å². The van der Waals surface area contributed by atoms with Crippen LogP contribution in [0.25, 0.3) is 0 Å². The molecule has 2 aromatic carbocycles. The quantitative estimate of drug-likeness (QED) is 0.559. The molecule has 178 valence electrons.